The van der Waals surface area contributed by atoms with E-state index < -0.39 is 0 Å². The summed E-state index contributed by atoms with van der Waals surface area (Å²) >= 11 is 0. The summed E-state index contributed by atoms with van der Waals surface area (Å²) in [6.45, 7) is 6.19. The highest BCUT2D eigenvalue weighted by molar-refractivity contribution is 5.97. The molecule has 0 aliphatic carbocycles. The predicted molar refractivity (Wildman–Crippen MR) is 122 cm³/mol. The third kappa shape index (κ3) is 4.88. The van der Waals surface area contributed by atoms with Crippen molar-refractivity contribution in [2.75, 3.05) is 19.6 Å². The van der Waals surface area contributed by atoms with Crippen molar-refractivity contribution in [3.63, 3.8) is 0 Å². The monoisotopic (exact) mass is 401 g/mol. The third-order valence-electron chi connectivity index (χ3n) is 6.12. The van der Waals surface area contributed by atoms with Gasteiger partial charge < -0.3 is 9.80 Å². The minimum Gasteiger partial charge on any atom is -0.331 e. The Labute approximate surface area is 179 Å². The summed E-state index contributed by atoms with van der Waals surface area (Å²) in [7, 11) is 0. The maximum atomic E-state index is 13.6. The molecule has 0 saturated carbocycles. The van der Waals surface area contributed by atoms with Crippen molar-refractivity contribution < 1.29 is 4.79 Å². The van der Waals surface area contributed by atoms with Crippen LogP contribution >= 0.6 is 0 Å². The number of likely N-dealkylation sites (tertiary alicyclic amines) is 1. The van der Waals surface area contributed by atoms with Crippen molar-refractivity contribution in [3.05, 3.63) is 78.0 Å². The van der Waals surface area contributed by atoms with Crippen LogP contribution in [0.25, 0.3) is 10.9 Å². The molecule has 2 heterocycles. The molecule has 1 aliphatic heterocycles. The molecule has 1 amide bonds. The first-order valence-electron chi connectivity index (χ1n) is 11.2. The van der Waals surface area contributed by atoms with E-state index in [1.54, 1.807) is 6.20 Å². The lowest BCUT2D eigenvalue weighted by Crippen LogP contribution is -2.47. The molecule has 0 radical (unpaired) electrons. The number of para-hydroxylation sites is 1. The Kier molecular flexibility index (Phi) is 6.75. The second-order valence-electron chi connectivity index (χ2n) is 8.26. The Bertz CT molecular complexity index is 964. The SMILES string of the molecule is CCCCN1CCC(N(Cc2ccccc2)C(=O)c2cnc3ccccc3c2)CC1. The van der Waals surface area contributed by atoms with Crippen LogP contribution in [0.2, 0.25) is 0 Å². The molecule has 2 aromatic carbocycles. The van der Waals surface area contributed by atoms with Gasteiger partial charge in [-0.2, -0.15) is 0 Å². The smallest absolute Gasteiger partial charge is 0.255 e. The summed E-state index contributed by atoms with van der Waals surface area (Å²) in [5, 5.41) is 1.01. The predicted octanol–water partition coefficient (Wildman–Crippen LogP) is 5.14. The normalized spacial score (nSPS) is 15.4. The van der Waals surface area contributed by atoms with Gasteiger partial charge in [-0.15, -0.1) is 0 Å². The minimum atomic E-state index is 0.0871. The van der Waals surface area contributed by atoms with E-state index in [1.807, 2.05) is 48.5 Å². The molecule has 4 rings (SSSR count). The zero-order valence-corrected chi connectivity index (χ0v) is 17.8. The van der Waals surface area contributed by atoms with Crippen molar-refractivity contribution in [2.24, 2.45) is 0 Å². The lowest BCUT2D eigenvalue weighted by Gasteiger charge is -2.38. The summed E-state index contributed by atoms with van der Waals surface area (Å²) in [6.07, 6.45) is 6.28. The molecule has 30 heavy (non-hydrogen) atoms. The first kappa shape index (κ1) is 20.5. The van der Waals surface area contributed by atoms with Gasteiger partial charge in [-0.3, -0.25) is 9.78 Å². The van der Waals surface area contributed by atoms with E-state index in [0.29, 0.717) is 12.1 Å². The Balaban J connectivity index is 1.55. The number of fused-ring (bicyclic) bond motifs is 1. The summed E-state index contributed by atoms with van der Waals surface area (Å²) < 4.78 is 0. The number of carbonyl (C=O) groups excluding carboxylic acids is 1. The molecule has 4 heteroatoms. The van der Waals surface area contributed by atoms with Crippen LogP contribution in [0.4, 0.5) is 0 Å². The topological polar surface area (TPSA) is 36.4 Å². The standard InChI is InChI=1S/C26H31N3O/c1-2-3-15-28-16-13-24(14-17-28)29(20-21-9-5-4-6-10-21)26(30)23-18-22-11-7-8-12-25(22)27-19-23/h4-12,18-19,24H,2-3,13-17,20H2,1H3. The number of rotatable bonds is 7. The van der Waals surface area contributed by atoms with Gasteiger partial charge in [-0.1, -0.05) is 61.9 Å². The quantitative estimate of drug-likeness (QED) is 0.550. The van der Waals surface area contributed by atoms with E-state index in [0.717, 1.165) is 36.8 Å². The van der Waals surface area contributed by atoms with Gasteiger partial charge in [0.05, 0.1) is 11.1 Å². The van der Waals surface area contributed by atoms with Crippen LogP contribution in [0, 0.1) is 0 Å². The van der Waals surface area contributed by atoms with Gasteiger partial charge >= 0.3 is 0 Å². The van der Waals surface area contributed by atoms with Crippen molar-refractivity contribution in [1.29, 1.82) is 0 Å². The number of aromatic nitrogens is 1. The molecule has 0 bridgehead atoms. The molecule has 1 saturated heterocycles. The van der Waals surface area contributed by atoms with Crippen LogP contribution in [0.1, 0.15) is 48.5 Å². The van der Waals surface area contributed by atoms with E-state index in [2.05, 4.69) is 33.8 Å². The van der Waals surface area contributed by atoms with Gasteiger partial charge in [-0.25, -0.2) is 0 Å². The maximum Gasteiger partial charge on any atom is 0.255 e. The van der Waals surface area contributed by atoms with Crippen molar-refractivity contribution >= 4 is 16.8 Å². The van der Waals surface area contributed by atoms with Gasteiger partial charge in [0.1, 0.15) is 0 Å². The van der Waals surface area contributed by atoms with Crippen LogP contribution in [0.15, 0.2) is 66.9 Å². The number of unbranched alkanes of at least 4 members (excludes halogenated alkanes) is 1. The van der Waals surface area contributed by atoms with Crippen LogP contribution in [0.5, 0.6) is 0 Å². The number of amides is 1. The Morgan fingerprint density at radius 3 is 2.57 bits per heavy atom. The molecule has 0 unspecified atom stereocenters. The fourth-order valence-corrected chi connectivity index (χ4v) is 4.34. The molecule has 156 valence electrons. The first-order chi connectivity index (χ1) is 14.7. The summed E-state index contributed by atoms with van der Waals surface area (Å²) in [4.78, 5) is 22.8. The summed E-state index contributed by atoms with van der Waals surface area (Å²) in [5.41, 5.74) is 2.78. The van der Waals surface area contributed by atoms with Gasteiger partial charge in [0.2, 0.25) is 0 Å². The maximum absolute atomic E-state index is 13.6. The number of carbonyl (C=O) groups is 1. The minimum absolute atomic E-state index is 0.0871. The van der Waals surface area contributed by atoms with E-state index in [4.69, 9.17) is 0 Å². The number of piperidine rings is 1. The highest BCUT2D eigenvalue weighted by Gasteiger charge is 2.29. The summed E-state index contributed by atoms with van der Waals surface area (Å²) in [6, 6.07) is 20.5. The highest BCUT2D eigenvalue weighted by Crippen LogP contribution is 2.23. The lowest BCUT2D eigenvalue weighted by atomic mass is 10.0. The van der Waals surface area contributed by atoms with Crippen molar-refractivity contribution in [2.45, 2.75) is 45.2 Å². The zero-order valence-electron chi connectivity index (χ0n) is 17.8. The van der Waals surface area contributed by atoms with Crippen LogP contribution in [0.3, 0.4) is 0 Å². The lowest BCUT2D eigenvalue weighted by molar-refractivity contribution is 0.0548. The van der Waals surface area contributed by atoms with Crippen LogP contribution < -0.4 is 0 Å². The van der Waals surface area contributed by atoms with Crippen LogP contribution in [-0.4, -0.2) is 46.4 Å². The molecular formula is C26H31N3O. The molecular weight excluding hydrogens is 370 g/mol. The number of benzene rings is 2. The fraction of sp³-hybridized carbons (Fsp3) is 0.385. The van der Waals surface area contributed by atoms with Gasteiger partial charge in [0, 0.05) is 37.3 Å². The number of hydrogen-bond donors (Lipinski definition) is 0. The molecule has 4 nitrogen and oxygen atoms in total. The second-order valence-corrected chi connectivity index (χ2v) is 8.26. The Morgan fingerprint density at radius 1 is 1.07 bits per heavy atom. The Hall–Kier alpha value is -2.72. The molecule has 1 aromatic heterocycles. The number of nitrogens with zero attached hydrogens (tertiary/aromatic N) is 3. The summed E-state index contributed by atoms with van der Waals surface area (Å²) in [5.74, 6) is 0.0871. The van der Waals surface area contributed by atoms with E-state index >= 15 is 0 Å². The Morgan fingerprint density at radius 2 is 1.80 bits per heavy atom. The molecule has 0 atom stereocenters. The average Bonchev–Trinajstić information content (AvgIpc) is 2.81. The molecule has 3 aromatic rings. The highest BCUT2D eigenvalue weighted by atomic mass is 16.2. The molecule has 0 spiro atoms. The fourth-order valence-electron chi connectivity index (χ4n) is 4.34. The van der Waals surface area contributed by atoms with Gasteiger partial charge in [-0.05, 0) is 43.5 Å². The van der Waals surface area contributed by atoms with Gasteiger partial charge in [0.15, 0.2) is 0 Å². The second kappa shape index (κ2) is 9.86. The molecule has 0 N–H and O–H groups in total. The first-order valence-corrected chi connectivity index (χ1v) is 11.2. The zero-order chi connectivity index (χ0) is 20.8. The van der Waals surface area contributed by atoms with E-state index in [-0.39, 0.29) is 11.9 Å². The molecule has 1 fully saturated rings. The van der Waals surface area contributed by atoms with E-state index in [1.165, 1.54) is 24.9 Å². The van der Waals surface area contributed by atoms with Gasteiger partial charge in [0.25, 0.3) is 5.91 Å². The van der Waals surface area contributed by atoms with Crippen LogP contribution in [-0.2, 0) is 6.54 Å². The van der Waals surface area contributed by atoms with E-state index in [9.17, 15) is 4.79 Å². The van der Waals surface area contributed by atoms with Crippen molar-refractivity contribution in [3.8, 4) is 0 Å². The number of pyridine rings is 1. The average molecular weight is 402 g/mol. The largest absolute Gasteiger partial charge is 0.331 e. The number of hydrogen-bond acceptors (Lipinski definition) is 3. The molecule has 1 aliphatic rings. The third-order valence-corrected chi connectivity index (χ3v) is 6.12. The van der Waals surface area contributed by atoms with Crippen molar-refractivity contribution in [1.82, 2.24) is 14.8 Å².